The summed E-state index contributed by atoms with van der Waals surface area (Å²) in [4.78, 5) is 23.6. The van der Waals surface area contributed by atoms with E-state index in [1.165, 1.54) is 6.07 Å². The predicted octanol–water partition coefficient (Wildman–Crippen LogP) is 4.88. The van der Waals surface area contributed by atoms with Gasteiger partial charge in [-0.1, -0.05) is 65.7 Å². The third kappa shape index (κ3) is 4.83. The fourth-order valence-corrected chi connectivity index (χ4v) is 3.66. The molecule has 3 rings (SSSR count). The average molecular weight is 416 g/mol. The topological polar surface area (TPSA) is 59.3 Å². The molecule has 0 bridgehead atoms. The lowest BCUT2D eigenvalue weighted by Crippen LogP contribution is -2.25. The van der Waals surface area contributed by atoms with E-state index in [-0.39, 0.29) is 16.1 Å². The number of hydrogen-bond acceptors (Lipinski definition) is 2. The zero-order valence-corrected chi connectivity index (χ0v) is 16.6. The largest absolute Gasteiger partial charge is 0.478 e. The number of aromatic carboxylic acids is 1. The molecule has 0 saturated heterocycles. The molecule has 1 N–H and O–H groups in total. The zero-order valence-electron chi connectivity index (χ0n) is 15.1. The molecule has 2 aromatic carbocycles. The first kappa shape index (κ1) is 20.2. The maximum Gasteiger partial charge on any atom is 0.335 e. The molecule has 0 atom stereocenters. The van der Waals surface area contributed by atoms with Gasteiger partial charge >= 0.3 is 5.97 Å². The minimum Gasteiger partial charge on any atom is -0.478 e. The quantitative estimate of drug-likeness (QED) is 0.597. The van der Waals surface area contributed by atoms with Gasteiger partial charge in [-0.3, -0.25) is 4.79 Å². The number of rotatable bonds is 7. The number of carboxylic acid groups (broad SMARTS) is 1. The van der Waals surface area contributed by atoms with Crippen LogP contribution in [0.3, 0.4) is 0 Å². The van der Waals surface area contributed by atoms with Crippen LogP contribution in [0.4, 0.5) is 0 Å². The van der Waals surface area contributed by atoms with Crippen LogP contribution < -0.4 is 5.56 Å². The summed E-state index contributed by atoms with van der Waals surface area (Å²) in [6, 6.07) is 18.1. The molecule has 0 aliphatic rings. The second-order valence-corrected chi connectivity index (χ2v) is 7.30. The van der Waals surface area contributed by atoms with Gasteiger partial charge in [0.1, 0.15) is 5.02 Å². The van der Waals surface area contributed by atoms with Crippen LogP contribution in [0.5, 0.6) is 0 Å². The fourth-order valence-electron chi connectivity index (χ4n) is 3.09. The SMILES string of the molecule is O=C(O)c1ccc(CCn2c(CCc3ccccc3)c(Cl)cc(Cl)c2=O)cc1. The molecule has 0 amide bonds. The third-order valence-electron chi connectivity index (χ3n) is 4.62. The van der Waals surface area contributed by atoms with Crippen LogP contribution in [0.2, 0.25) is 10.0 Å². The highest BCUT2D eigenvalue weighted by atomic mass is 35.5. The van der Waals surface area contributed by atoms with Crippen molar-refractivity contribution in [2.45, 2.75) is 25.8 Å². The van der Waals surface area contributed by atoms with Crippen molar-refractivity contribution in [3.05, 3.63) is 103 Å². The van der Waals surface area contributed by atoms with Crippen molar-refractivity contribution in [2.24, 2.45) is 0 Å². The Morgan fingerprint density at radius 2 is 1.50 bits per heavy atom. The van der Waals surface area contributed by atoms with Crippen LogP contribution in [0.25, 0.3) is 0 Å². The van der Waals surface area contributed by atoms with Crippen molar-refractivity contribution in [1.29, 1.82) is 0 Å². The summed E-state index contributed by atoms with van der Waals surface area (Å²) >= 11 is 12.5. The van der Waals surface area contributed by atoms with Crippen molar-refractivity contribution >= 4 is 29.2 Å². The predicted molar refractivity (Wildman–Crippen MR) is 112 cm³/mol. The van der Waals surface area contributed by atoms with Gasteiger partial charge in [-0.2, -0.15) is 0 Å². The molecule has 144 valence electrons. The fraction of sp³-hybridized carbons (Fsp3) is 0.182. The van der Waals surface area contributed by atoms with E-state index in [9.17, 15) is 9.59 Å². The van der Waals surface area contributed by atoms with E-state index in [0.29, 0.717) is 24.4 Å². The smallest absolute Gasteiger partial charge is 0.335 e. The van der Waals surface area contributed by atoms with Crippen LogP contribution in [-0.4, -0.2) is 15.6 Å². The van der Waals surface area contributed by atoms with Gasteiger partial charge in [0.05, 0.1) is 10.6 Å². The lowest BCUT2D eigenvalue weighted by molar-refractivity contribution is 0.0697. The van der Waals surface area contributed by atoms with Gasteiger partial charge in [0.15, 0.2) is 0 Å². The number of carboxylic acids is 1. The van der Waals surface area contributed by atoms with Gasteiger partial charge in [0.25, 0.3) is 5.56 Å². The van der Waals surface area contributed by atoms with E-state index in [1.54, 1.807) is 28.8 Å². The van der Waals surface area contributed by atoms with Crippen LogP contribution in [0.15, 0.2) is 65.5 Å². The Balaban J connectivity index is 1.82. The highest BCUT2D eigenvalue weighted by Gasteiger charge is 2.13. The number of halogens is 2. The Morgan fingerprint density at radius 1 is 0.857 bits per heavy atom. The number of nitrogens with zero attached hydrogens (tertiary/aromatic N) is 1. The molecule has 4 nitrogen and oxygen atoms in total. The number of carbonyl (C=O) groups is 1. The summed E-state index contributed by atoms with van der Waals surface area (Å²) in [7, 11) is 0. The average Bonchev–Trinajstić information content (AvgIpc) is 2.70. The van der Waals surface area contributed by atoms with E-state index in [1.807, 2.05) is 30.3 Å². The summed E-state index contributed by atoms with van der Waals surface area (Å²) in [5.41, 5.74) is 2.81. The van der Waals surface area contributed by atoms with Gasteiger partial charge in [0, 0.05) is 12.2 Å². The highest BCUT2D eigenvalue weighted by Crippen LogP contribution is 2.21. The minimum absolute atomic E-state index is 0.0923. The molecule has 0 fully saturated rings. The molecule has 0 unspecified atom stereocenters. The number of hydrogen-bond donors (Lipinski definition) is 1. The van der Waals surface area contributed by atoms with Gasteiger partial charge in [-0.25, -0.2) is 4.79 Å². The molecule has 0 radical (unpaired) electrons. The second kappa shape index (κ2) is 9.09. The summed E-state index contributed by atoms with van der Waals surface area (Å²) in [5.74, 6) is -0.965. The number of benzene rings is 2. The van der Waals surface area contributed by atoms with E-state index < -0.39 is 5.97 Å². The maximum absolute atomic E-state index is 12.6. The Hall–Kier alpha value is -2.56. The molecule has 0 aliphatic carbocycles. The Morgan fingerprint density at radius 3 is 2.14 bits per heavy atom. The van der Waals surface area contributed by atoms with Gasteiger partial charge in [-0.05, 0) is 48.6 Å². The molecule has 0 saturated carbocycles. The minimum atomic E-state index is -0.965. The first-order valence-electron chi connectivity index (χ1n) is 8.89. The van der Waals surface area contributed by atoms with Crippen molar-refractivity contribution in [3.8, 4) is 0 Å². The molecular formula is C22H19Cl2NO3. The van der Waals surface area contributed by atoms with Crippen molar-refractivity contribution < 1.29 is 9.90 Å². The van der Waals surface area contributed by atoms with E-state index in [0.717, 1.165) is 23.2 Å². The Bertz CT molecular complexity index is 1030. The monoisotopic (exact) mass is 415 g/mol. The lowest BCUT2D eigenvalue weighted by Gasteiger charge is -2.15. The number of aryl methyl sites for hydroxylation is 2. The van der Waals surface area contributed by atoms with E-state index in [4.69, 9.17) is 28.3 Å². The Kier molecular flexibility index (Phi) is 6.55. The zero-order chi connectivity index (χ0) is 20.1. The molecular weight excluding hydrogens is 397 g/mol. The first-order chi connectivity index (χ1) is 13.5. The normalized spacial score (nSPS) is 10.8. The summed E-state index contributed by atoms with van der Waals surface area (Å²) in [5, 5.41) is 9.56. The Labute approximate surface area is 173 Å². The van der Waals surface area contributed by atoms with Crippen LogP contribution in [0, 0.1) is 0 Å². The summed E-state index contributed by atoms with van der Waals surface area (Å²) < 4.78 is 1.62. The first-order valence-corrected chi connectivity index (χ1v) is 9.65. The third-order valence-corrected chi connectivity index (χ3v) is 5.22. The lowest BCUT2D eigenvalue weighted by atomic mass is 10.1. The van der Waals surface area contributed by atoms with E-state index >= 15 is 0 Å². The van der Waals surface area contributed by atoms with Crippen molar-refractivity contribution in [2.75, 3.05) is 0 Å². The molecule has 3 aromatic rings. The molecule has 28 heavy (non-hydrogen) atoms. The van der Waals surface area contributed by atoms with Crippen LogP contribution in [0.1, 0.15) is 27.2 Å². The molecule has 0 aliphatic heterocycles. The summed E-state index contributed by atoms with van der Waals surface area (Å²) in [6.45, 7) is 0.412. The molecule has 1 aromatic heterocycles. The number of aromatic nitrogens is 1. The standard InChI is InChI=1S/C22H19Cl2NO3/c23-18-14-19(24)21(26)25(20(18)11-8-15-4-2-1-3-5-15)13-12-16-6-9-17(10-7-16)22(27)28/h1-7,9-10,14H,8,11-13H2,(H,27,28). The highest BCUT2D eigenvalue weighted by molar-refractivity contribution is 6.34. The van der Waals surface area contributed by atoms with Crippen molar-refractivity contribution in [1.82, 2.24) is 4.57 Å². The van der Waals surface area contributed by atoms with Gasteiger partial charge < -0.3 is 9.67 Å². The van der Waals surface area contributed by atoms with Gasteiger partial charge in [-0.15, -0.1) is 0 Å². The van der Waals surface area contributed by atoms with Crippen LogP contribution in [-0.2, 0) is 25.8 Å². The molecule has 0 spiro atoms. The number of pyridine rings is 1. The van der Waals surface area contributed by atoms with Crippen molar-refractivity contribution in [3.63, 3.8) is 0 Å². The second-order valence-electron chi connectivity index (χ2n) is 6.48. The maximum atomic E-state index is 12.6. The van der Waals surface area contributed by atoms with Crippen LogP contribution >= 0.6 is 23.2 Å². The molecule has 1 heterocycles. The van der Waals surface area contributed by atoms with E-state index in [2.05, 4.69) is 0 Å². The summed E-state index contributed by atoms with van der Waals surface area (Å²) in [6.07, 6.45) is 1.94. The van der Waals surface area contributed by atoms with Gasteiger partial charge in [0.2, 0.25) is 0 Å². The molecule has 6 heteroatoms.